The van der Waals surface area contributed by atoms with Gasteiger partial charge >= 0.3 is 5.97 Å². The lowest BCUT2D eigenvalue weighted by atomic mass is 10.0. The van der Waals surface area contributed by atoms with Crippen LogP contribution in [0.3, 0.4) is 0 Å². The van der Waals surface area contributed by atoms with Crippen LogP contribution in [-0.4, -0.2) is 47.7 Å². The molecule has 5 rings (SSSR count). The fourth-order valence-corrected chi connectivity index (χ4v) is 4.35. The predicted octanol–water partition coefficient (Wildman–Crippen LogP) is 3.74. The Hall–Kier alpha value is -3.61. The number of carbonyl (C=O) groups is 2. The second-order valence-electron chi connectivity index (χ2n) is 8.07. The molecule has 2 aromatic carbocycles. The molecule has 7 nitrogen and oxygen atoms in total. The summed E-state index contributed by atoms with van der Waals surface area (Å²) in [5.74, 6) is -0.352. The first-order valence-electron chi connectivity index (χ1n) is 10.5. The molecule has 0 spiro atoms. The molecule has 0 saturated heterocycles. The molecule has 0 radical (unpaired) electrons. The van der Waals surface area contributed by atoms with Gasteiger partial charge in [-0.1, -0.05) is 0 Å². The molecule has 158 valence electrons. The predicted molar refractivity (Wildman–Crippen MR) is 120 cm³/mol. The van der Waals surface area contributed by atoms with E-state index < -0.39 is 0 Å². The van der Waals surface area contributed by atoms with Gasteiger partial charge in [-0.25, -0.2) is 4.79 Å². The van der Waals surface area contributed by atoms with Gasteiger partial charge in [0.15, 0.2) is 0 Å². The summed E-state index contributed by atoms with van der Waals surface area (Å²) in [5.41, 5.74) is 6.47. The average molecular weight is 416 g/mol. The van der Waals surface area contributed by atoms with Crippen molar-refractivity contribution in [1.29, 1.82) is 0 Å². The van der Waals surface area contributed by atoms with E-state index >= 15 is 0 Å². The largest absolute Gasteiger partial charge is 0.465 e. The lowest BCUT2D eigenvalue weighted by Gasteiger charge is -2.27. The van der Waals surface area contributed by atoms with E-state index in [-0.39, 0.29) is 11.9 Å². The molecule has 2 aliphatic heterocycles. The number of rotatable bonds is 3. The number of anilines is 1. The number of nitrogens with one attached hydrogen (secondary N) is 1. The number of amides is 1. The first-order chi connectivity index (χ1) is 15.0. The number of benzene rings is 2. The number of ether oxygens (including phenoxy) is 1. The normalized spacial score (nSPS) is 15.7. The van der Waals surface area contributed by atoms with Gasteiger partial charge in [0.05, 0.1) is 18.4 Å². The zero-order valence-corrected chi connectivity index (χ0v) is 17.6. The lowest BCUT2D eigenvalue weighted by molar-refractivity contribution is 0.0600. The van der Waals surface area contributed by atoms with Gasteiger partial charge in [0.2, 0.25) is 0 Å². The standard InChI is InChI=1S/C24H24N4O3/c1-15-9-12-28(26-15)18-6-3-16(4-7-18)23(29)27-11-10-22-20(14-27)19-13-17(24(30)31-2)5-8-21(19)25-22/h3-8,13,25H,9-12,14H2,1-2H3. The van der Waals surface area contributed by atoms with Crippen molar-refractivity contribution in [3.8, 4) is 0 Å². The van der Waals surface area contributed by atoms with Crippen LogP contribution >= 0.6 is 0 Å². The van der Waals surface area contributed by atoms with Crippen LogP contribution in [0.25, 0.3) is 10.9 Å². The summed E-state index contributed by atoms with van der Waals surface area (Å²) in [7, 11) is 1.38. The molecule has 0 aliphatic carbocycles. The summed E-state index contributed by atoms with van der Waals surface area (Å²) in [4.78, 5) is 30.4. The number of aromatic amines is 1. The second-order valence-corrected chi connectivity index (χ2v) is 8.07. The van der Waals surface area contributed by atoms with Crippen molar-refractivity contribution in [3.63, 3.8) is 0 Å². The molecule has 0 saturated carbocycles. The monoisotopic (exact) mass is 416 g/mol. The number of H-pyrrole nitrogens is 1. The maximum atomic E-state index is 13.2. The molecule has 1 amide bonds. The molecule has 0 atom stereocenters. The first-order valence-corrected chi connectivity index (χ1v) is 10.5. The third kappa shape index (κ3) is 3.46. The van der Waals surface area contributed by atoms with Crippen molar-refractivity contribution in [2.75, 3.05) is 25.2 Å². The van der Waals surface area contributed by atoms with E-state index in [4.69, 9.17) is 4.74 Å². The van der Waals surface area contributed by atoms with Gasteiger partial charge in [-0.3, -0.25) is 9.80 Å². The van der Waals surface area contributed by atoms with Crippen LogP contribution in [0.5, 0.6) is 0 Å². The number of carbonyl (C=O) groups excluding carboxylic acids is 2. The number of hydrogen-bond acceptors (Lipinski definition) is 5. The Balaban J connectivity index is 1.38. The van der Waals surface area contributed by atoms with Crippen LogP contribution in [0.15, 0.2) is 47.6 Å². The molecule has 7 heteroatoms. The van der Waals surface area contributed by atoms with Gasteiger partial charge in [-0.2, -0.15) is 5.10 Å². The minimum Gasteiger partial charge on any atom is -0.465 e. The zero-order valence-electron chi connectivity index (χ0n) is 17.6. The second kappa shape index (κ2) is 7.58. The first kappa shape index (κ1) is 19.4. The molecule has 0 unspecified atom stereocenters. The molecular weight excluding hydrogens is 392 g/mol. The molecule has 2 aliphatic rings. The topological polar surface area (TPSA) is 78.0 Å². The number of fused-ring (bicyclic) bond motifs is 3. The molecule has 0 fully saturated rings. The zero-order chi connectivity index (χ0) is 21.5. The summed E-state index contributed by atoms with van der Waals surface area (Å²) in [6.07, 6.45) is 1.72. The summed E-state index contributed by atoms with van der Waals surface area (Å²) >= 11 is 0. The van der Waals surface area contributed by atoms with E-state index in [9.17, 15) is 9.59 Å². The van der Waals surface area contributed by atoms with Crippen molar-refractivity contribution >= 4 is 34.2 Å². The quantitative estimate of drug-likeness (QED) is 0.660. The van der Waals surface area contributed by atoms with Crippen molar-refractivity contribution in [2.45, 2.75) is 26.3 Å². The average Bonchev–Trinajstić information content (AvgIpc) is 3.40. The smallest absolute Gasteiger partial charge is 0.337 e. The molecule has 1 N–H and O–H groups in total. The lowest BCUT2D eigenvalue weighted by Crippen LogP contribution is -2.35. The minimum atomic E-state index is -0.363. The highest BCUT2D eigenvalue weighted by Gasteiger charge is 2.25. The van der Waals surface area contributed by atoms with E-state index in [1.165, 1.54) is 7.11 Å². The molecular formula is C24H24N4O3. The number of hydrogen-bond donors (Lipinski definition) is 1. The molecule has 3 heterocycles. The Morgan fingerprint density at radius 3 is 2.52 bits per heavy atom. The van der Waals surface area contributed by atoms with Crippen molar-refractivity contribution in [2.24, 2.45) is 5.10 Å². The molecule has 0 bridgehead atoms. The fourth-order valence-electron chi connectivity index (χ4n) is 4.35. The number of aromatic nitrogens is 1. The SMILES string of the molecule is COC(=O)c1ccc2[nH]c3c(c2c1)CN(C(=O)c1ccc(N2CCC(C)=N2)cc1)CC3. The van der Waals surface area contributed by atoms with Crippen molar-refractivity contribution in [1.82, 2.24) is 9.88 Å². The Morgan fingerprint density at radius 2 is 1.81 bits per heavy atom. The Kier molecular flexibility index (Phi) is 4.73. The Bertz CT molecular complexity index is 1210. The van der Waals surface area contributed by atoms with Crippen molar-refractivity contribution < 1.29 is 14.3 Å². The van der Waals surface area contributed by atoms with E-state index in [0.717, 1.165) is 52.9 Å². The summed E-state index contributed by atoms with van der Waals surface area (Å²) < 4.78 is 4.85. The van der Waals surface area contributed by atoms with Gasteiger partial charge in [0.25, 0.3) is 5.91 Å². The van der Waals surface area contributed by atoms with E-state index in [1.807, 2.05) is 53.2 Å². The summed E-state index contributed by atoms with van der Waals surface area (Å²) in [5, 5.41) is 7.45. The summed E-state index contributed by atoms with van der Waals surface area (Å²) in [6.45, 7) is 4.07. The number of hydrazone groups is 1. The van der Waals surface area contributed by atoms with Crippen LogP contribution in [-0.2, 0) is 17.7 Å². The van der Waals surface area contributed by atoms with Gasteiger partial charge < -0.3 is 14.6 Å². The molecule has 3 aromatic rings. The Morgan fingerprint density at radius 1 is 1.03 bits per heavy atom. The minimum absolute atomic E-state index is 0.0109. The van der Waals surface area contributed by atoms with E-state index in [0.29, 0.717) is 24.2 Å². The third-order valence-electron chi connectivity index (χ3n) is 6.07. The Labute approximate surface area is 180 Å². The number of methoxy groups -OCH3 is 1. The van der Waals surface area contributed by atoms with Gasteiger partial charge in [-0.15, -0.1) is 0 Å². The third-order valence-corrected chi connectivity index (χ3v) is 6.07. The van der Waals surface area contributed by atoms with Crippen LogP contribution in [0.4, 0.5) is 5.69 Å². The fraction of sp³-hybridized carbons (Fsp3) is 0.292. The summed E-state index contributed by atoms with van der Waals surface area (Å²) in [6, 6.07) is 13.2. The van der Waals surface area contributed by atoms with Crippen LogP contribution in [0.1, 0.15) is 45.3 Å². The van der Waals surface area contributed by atoms with E-state index in [2.05, 4.69) is 10.1 Å². The molecule has 1 aromatic heterocycles. The van der Waals surface area contributed by atoms with Crippen molar-refractivity contribution in [3.05, 3.63) is 64.8 Å². The number of nitrogens with zero attached hydrogens (tertiary/aromatic N) is 3. The van der Waals surface area contributed by atoms with Gasteiger partial charge in [-0.05, 0) is 49.4 Å². The highest BCUT2D eigenvalue weighted by molar-refractivity contribution is 5.98. The maximum absolute atomic E-state index is 13.2. The number of esters is 1. The van der Waals surface area contributed by atoms with Crippen LogP contribution in [0.2, 0.25) is 0 Å². The highest BCUT2D eigenvalue weighted by Crippen LogP contribution is 2.30. The highest BCUT2D eigenvalue weighted by atomic mass is 16.5. The van der Waals surface area contributed by atoms with E-state index in [1.54, 1.807) is 6.07 Å². The van der Waals surface area contributed by atoms with Gasteiger partial charge in [0.1, 0.15) is 0 Å². The van der Waals surface area contributed by atoms with Crippen LogP contribution < -0.4 is 5.01 Å². The van der Waals surface area contributed by atoms with Crippen LogP contribution in [0, 0.1) is 0 Å². The maximum Gasteiger partial charge on any atom is 0.337 e. The van der Waals surface area contributed by atoms with Gasteiger partial charge in [0, 0.05) is 65.9 Å². The molecule has 31 heavy (non-hydrogen) atoms.